The summed E-state index contributed by atoms with van der Waals surface area (Å²) in [6.07, 6.45) is 7.70. The van der Waals surface area contributed by atoms with Gasteiger partial charge in [0.1, 0.15) is 12.4 Å². The second-order valence-corrected chi connectivity index (χ2v) is 9.76. The van der Waals surface area contributed by atoms with E-state index in [1.807, 2.05) is 6.07 Å². The van der Waals surface area contributed by atoms with E-state index in [9.17, 15) is 5.11 Å². The lowest BCUT2D eigenvalue weighted by atomic mass is 9.55. The van der Waals surface area contributed by atoms with Crippen molar-refractivity contribution >= 4 is 0 Å². The topological polar surface area (TPSA) is 38.7 Å². The lowest BCUT2D eigenvalue weighted by molar-refractivity contribution is -0.0710. The molecule has 5 rings (SSSR count). The fourth-order valence-corrected chi connectivity index (χ4v) is 6.81. The first-order valence-corrected chi connectivity index (χ1v) is 11.7. The molecule has 30 heavy (non-hydrogen) atoms. The Balaban J connectivity index is 1.30. The van der Waals surface area contributed by atoms with Crippen molar-refractivity contribution in [3.8, 4) is 5.75 Å². The van der Waals surface area contributed by atoms with Crippen LogP contribution in [0.1, 0.15) is 61.6 Å². The lowest BCUT2D eigenvalue weighted by Gasteiger charge is -2.50. The van der Waals surface area contributed by atoms with Gasteiger partial charge in [0.05, 0.1) is 19.3 Å². The fourth-order valence-electron chi connectivity index (χ4n) is 6.81. The van der Waals surface area contributed by atoms with Gasteiger partial charge in [0, 0.05) is 0 Å². The largest absolute Gasteiger partial charge is 0.489 e. The molecule has 0 heterocycles. The summed E-state index contributed by atoms with van der Waals surface area (Å²) in [5.41, 5.74) is 4.56. The second-order valence-electron chi connectivity index (χ2n) is 9.76. The van der Waals surface area contributed by atoms with Crippen LogP contribution < -0.4 is 4.74 Å². The van der Waals surface area contributed by atoms with Crippen molar-refractivity contribution in [3.05, 3.63) is 65.2 Å². The van der Waals surface area contributed by atoms with Gasteiger partial charge < -0.3 is 14.6 Å². The summed E-state index contributed by atoms with van der Waals surface area (Å²) in [6.45, 7) is 3.70. The van der Waals surface area contributed by atoms with Crippen LogP contribution in [0.15, 0.2) is 48.5 Å². The molecule has 0 spiro atoms. The number of rotatable bonds is 6. The summed E-state index contributed by atoms with van der Waals surface area (Å²) in [5.74, 6) is 3.21. The van der Waals surface area contributed by atoms with E-state index in [2.05, 4.69) is 49.4 Å². The van der Waals surface area contributed by atoms with E-state index < -0.39 is 0 Å². The van der Waals surface area contributed by atoms with Gasteiger partial charge in [-0.1, -0.05) is 43.3 Å². The van der Waals surface area contributed by atoms with Crippen LogP contribution in [0, 0.1) is 17.3 Å². The van der Waals surface area contributed by atoms with E-state index in [1.165, 1.54) is 36.8 Å². The Bertz CT molecular complexity index is 864. The van der Waals surface area contributed by atoms with Crippen LogP contribution in [0.5, 0.6) is 5.75 Å². The highest BCUT2D eigenvalue weighted by molar-refractivity contribution is 5.41. The molecule has 1 N–H and O–H groups in total. The molecule has 0 aromatic heterocycles. The molecular weight excluding hydrogens is 372 g/mol. The van der Waals surface area contributed by atoms with Gasteiger partial charge in [-0.05, 0) is 90.5 Å². The van der Waals surface area contributed by atoms with E-state index >= 15 is 0 Å². The molecule has 3 aliphatic rings. The number of aliphatic hydroxyl groups is 1. The van der Waals surface area contributed by atoms with Crippen LogP contribution in [0.25, 0.3) is 0 Å². The highest BCUT2D eigenvalue weighted by Gasteiger charge is 2.55. The summed E-state index contributed by atoms with van der Waals surface area (Å²) >= 11 is 0. The molecule has 0 saturated heterocycles. The minimum Gasteiger partial charge on any atom is -0.489 e. The summed E-state index contributed by atoms with van der Waals surface area (Å²) < 4.78 is 12.2. The maximum atomic E-state index is 9.19. The smallest absolute Gasteiger partial charge is 0.120 e. The lowest BCUT2D eigenvalue weighted by Crippen LogP contribution is -2.44. The Hall–Kier alpha value is -1.84. The van der Waals surface area contributed by atoms with E-state index in [0.29, 0.717) is 25.2 Å². The molecule has 3 aliphatic carbocycles. The van der Waals surface area contributed by atoms with Crippen LogP contribution in [-0.4, -0.2) is 24.4 Å². The average molecular weight is 407 g/mol. The maximum Gasteiger partial charge on any atom is 0.120 e. The van der Waals surface area contributed by atoms with E-state index in [1.54, 1.807) is 5.56 Å². The predicted octanol–water partition coefficient (Wildman–Crippen LogP) is 5.50. The first kappa shape index (κ1) is 20.1. The second kappa shape index (κ2) is 8.36. The molecule has 5 atom stereocenters. The number of hydrogen-bond acceptors (Lipinski definition) is 3. The molecule has 0 aliphatic heterocycles. The van der Waals surface area contributed by atoms with Gasteiger partial charge >= 0.3 is 0 Å². The predicted molar refractivity (Wildman–Crippen MR) is 119 cm³/mol. The summed E-state index contributed by atoms with van der Waals surface area (Å²) in [7, 11) is 0. The summed E-state index contributed by atoms with van der Waals surface area (Å²) in [6, 6.07) is 17.2. The molecule has 0 amide bonds. The Kier molecular flexibility index (Phi) is 5.59. The van der Waals surface area contributed by atoms with Gasteiger partial charge in [-0.15, -0.1) is 0 Å². The van der Waals surface area contributed by atoms with Gasteiger partial charge in [0.25, 0.3) is 0 Å². The van der Waals surface area contributed by atoms with Gasteiger partial charge in [-0.3, -0.25) is 0 Å². The molecule has 160 valence electrons. The quantitative estimate of drug-likeness (QED) is 0.688. The van der Waals surface area contributed by atoms with Crippen LogP contribution in [0.3, 0.4) is 0 Å². The Morgan fingerprint density at radius 3 is 2.73 bits per heavy atom. The molecule has 2 aromatic rings. The molecule has 2 aromatic carbocycles. The summed E-state index contributed by atoms with van der Waals surface area (Å²) in [4.78, 5) is 0. The molecule has 2 saturated carbocycles. The third kappa shape index (κ3) is 3.56. The maximum absolute atomic E-state index is 9.19. The van der Waals surface area contributed by atoms with Crippen molar-refractivity contribution in [1.82, 2.24) is 0 Å². The number of ether oxygens (including phenoxy) is 2. The molecule has 3 nitrogen and oxygen atoms in total. The van der Waals surface area contributed by atoms with E-state index in [-0.39, 0.29) is 12.0 Å². The monoisotopic (exact) mass is 406 g/mol. The van der Waals surface area contributed by atoms with Crippen molar-refractivity contribution in [2.75, 3.05) is 13.2 Å². The van der Waals surface area contributed by atoms with Crippen molar-refractivity contribution in [2.45, 2.75) is 64.1 Å². The number of fused-ring (bicyclic) bond motifs is 5. The number of benzene rings is 2. The Morgan fingerprint density at radius 1 is 1.03 bits per heavy atom. The van der Waals surface area contributed by atoms with Crippen LogP contribution in [0.2, 0.25) is 0 Å². The molecule has 0 bridgehead atoms. The van der Waals surface area contributed by atoms with Gasteiger partial charge in [0.2, 0.25) is 0 Å². The zero-order valence-corrected chi connectivity index (χ0v) is 18.1. The van der Waals surface area contributed by atoms with Gasteiger partial charge in [0.15, 0.2) is 0 Å². The van der Waals surface area contributed by atoms with Crippen molar-refractivity contribution < 1.29 is 14.6 Å². The summed E-state index contributed by atoms with van der Waals surface area (Å²) in [5, 5.41) is 9.19. The standard InChI is InChI=1S/C27H34O3/c1-27-14-13-23-22-10-8-21(30-18-19-5-3-2-4-6-19)17-20(22)7-9-24(23)25(27)11-12-26(27)29-16-15-28/h2-6,8,10,17,23-26,28H,7,9,11-16,18H2,1H3/t23-,24-,25+,26+,27+/m1/s1. The highest BCUT2D eigenvalue weighted by Crippen LogP contribution is 2.61. The number of aliphatic hydroxyl groups excluding tert-OH is 1. The normalized spacial score (nSPS) is 32.2. The zero-order valence-electron chi connectivity index (χ0n) is 18.1. The number of hydrogen-bond donors (Lipinski definition) is 1. The molecule has 0 radical (unpaired) electrons. The highest BCUT2D eigenvalue weighted by atomic mass is 16.5. The van der Waals surface area contributed by atoms with Crippen molar-refractivity contribution in [2.24, 2.45) is 17.3 Å². The van der Waals surface area contributed by atoms with Crippen molar-refractivity contribution in [3.63, 3.8) is 0 Å². The first-order chi connectivity index (χ1) is 14.7. The Morgan fingerprint density at radius 2 is 1.90 bits per heavy atom. The van der Waals surface area contributed by atoms with E-state index in [0.717, 1.165) is 30.4 Å². The molecule has 2 fully saturated rings. The van der Waals surface area contributed by atoms with Crippen LogP contribution in [-0.2, 0) is 17.8 Å². The number of aryl methyl sites for hydroxylation is 1. The third-order valence-corrected chi connectivity index (χ3v) is 8.27. The minimum absolute atomic E-state index is 0.130. The van der Waals surface area contributed by atoms with Crippen LogP contribution >= 0.6 is 0 Å². The van der Waals surface area contributed by atoms with E-state index in [4.69, 9.17) is 9.47 Å². The minimum atomic E-state index is 0.130. The molecule has 0 unspecified atom stereocenters. The van der Waals surface area contributed by atoms with Gasteiger partial charge in [-0.25, -0.2) is 0 Å². The third-order valence-electron chi connectivity index (χ3n) is 8.27. The zero-order chi connectivity index (χ0) is 20.6. The Labute approximate surface area is 180 Å². The molecular formula is C27H34O3. The SMILES string of the molecule is C[C@]12CC[C@@H]3c4ccc(OCc5ccccc5)cc4CC[C@H]3[C@@H]1CC[C@@H]2OCCO. The molecule has 3 heteroatoms. The average Bonchev–Trinajstić information content (AvgIpc) is 3.12. The van der Waals surface area contributed by atoms with Crippen molar-refractivity contribution in [1.29, 1.82) is 0 Å². The van der Waals surface area contributed by atoms with Crippen LogP contribution in [0.4, 0.5) is 0 Å². The first-order valence-electron chi connectivity index (χ1n) is 11.7. The fraction of sp³-hybridized carbons (Fsp3) is 0.556. The van der Waals surface area contributed by atoms with Gasteiger partial charge in [-0.2, -0.15) is 0 Å².